The Kier molecular flexibility index (Phi) is 5.15. The van der Waals surface area contributed by atoms with Crippen molar-refractivity contribution in [2.75, 3.05) is 10.6 Å². The van der Waals surface area contributed by atoms with Crippen LogP contribution in [-0.2, 0) is 0 Å². The number of rotatable bonds is 5. The molecule has 3 aromatic heterocycles. The fourth-order valence-corrected chi connectivity index (χ4v) is 4.90. The first-order chi connectivity index (χ1) is 15.2. The maximum atomic E-state index is 12.4. The molecular formula is C23H17N5OS2. The SMILES string of the molecule is Cc1nc(NC(=O)c2ccccc2)sc1-c1csc(Nc2nccc3ccccc23)n1. The Morgan fingerprint density at radius 1 is 0.935 bits per heavy atom. The number of amides is 1. The van der Waals surface area contributed by atoms with Crippen LogP contribution in [0.4, 0.5) is 16.1 Å². The van der Waals surface area contributed by atoms with E-state index in [1.165, 1.54) is 22.7 Å². The van der Waals surface area contributed by atoms with Gasteiger partial charge in [-0.2, -0.15) is 0 Å². The van der Waals surface area contributed by atoms with Gasteiger partial charge in [0.1, 0.15) is 5.82 Å². The topological polar surface area (TPSA) is 79.8 Å². The van der Waals surface area contributed by atoms with Gasteiger partial charge in [-0.3, -0.25) is 10.1 Å². The molecule has 5 aromatic rings. The summed E-state index contributed by atoms with van der Waals surface area (Å²) in [5, 5.41) is 11.7. The predicted octanol–water partition coefficient (Wildman–Crippen LogP) is 6.12. The number of hydrogen-bond donors (Lipinski definition) is 2. The molecule has 0 spiro atoms. The van der Waals surface area contributed by atoms with Crippen LogP contribution >= 0.6 is 22.7 Å². The van der Waals surface area contributed by atoms with Gasteiger partial charge in [0.05, 0.1) is 16.3 Å². The zero-order chi connectivity index (χ0) is 21.2. The number of thiazole rings is 2. The Morgan fingerprint density at radius 2 is 1.74 bits per heavy atom. The van der Waals surface area contributed by atoms with Gasteiger partial charge in [-0.25, -0.2) is 15.0 Å². The van der Waals surface area contributed by atoms with Crippen molar-refractivity contribution in [2.24, 2.45) is 0 Å². The van der Waals surface area contributed by atoms with Crippen LogP contribution in [0.25, 0.3) is 21.3 Å². The molecule has 6 nitrogen and oxygen atoms in total. The summed E-state index contributed by atoms with van der Waals surface area (Å²) in [5.74, 6) is 0.597. The molecule has 3 heterocycles. The van der Waals surface area contributed by atoms with Gasteiger partial charge in [0.25, 0.3) is 5.91 Å². The molecule has 0 aliphatic heterocycles. The number of carbonyl (C=O) groups excluding carboxylic acids is 1. The van der Waals surface area contributed by atoms with E-state index in [4.69, 9.17) is 4.98 Å². The summed E-state index contributed by atoms with van der Waals surface area (Å²) in [6.07, 6.45) is 1.79. The third-order valence-electron chi connectivity index (χ3n) is 4.69. The fourth-order valence-electron chi connectivity index (χ4n) is 3.20. The quantitative estimate of drug-likeness (QED) is 0.342. The van der Waals surface area contributed by atoms with E-state index >= 15 is 0 Å². The molecule has 0 fully saturated rings. The molecule has 0 aliphatic rings. The highest BCUT2D eigenvalue weighted by molar-refractivity contribution is 7.20. The van der Waals surface area contributed by atoms with Crippen molar-refractivity contribution in [1.82, 2.24) is 15.0 Å². The van der Waals surface area contributed by atoms with Crippen LogP contribution in [0.5, 0.6) is 0 Å². The minimum Gasteiger partial charge on any atom is -0.316 e. The minimum absolute atomic E-state index is 0.177. The summed E-state index contributed by atoms with van der Waals surface area (Å²) >= 11 is 2.92. The molecule has 5 rings (SSSR count). The third kappa shape index (κ3) is 4.03. The van der Waals surface area contributed by atoms with E-state index in [0.29, 0.717) is 10.7 Å². The maximum absolute atomic E-state index is 12.4. The van der Waals surface area contributed by atoms with Crippen molar-refractivity contribution >= 4 is 55.4 Å². The number of benzene rings is 2. The first-order valence-corrected chi connectivity index (χ1v) is 11.3. The largest absolute Gasteiger partial charge is 0.316 e. The number of aryl methyl sites for hydroxylation is 1. The lowest BCUT2D eigenvalue weighted by atomic mass is 10.2. The van der Waals surface area contributed by atoms with Gasteiger partial charge in [0.15, 0.2) is 10.3 Å². The van der Waals surface area contributed by atoms with Crippen LogP contribution in [0.2, 0.25) is 0 Å². The lowest BCUT2D eigenvalue weighted by Gasteiger charge is -2.05. The molecule has 152 valence electrons. The standard InChI is InChI=1S/C23H17N5OS2/c1-14-19(31-23(25-14)28-21(29)16-8-3-2-4-9-16)18-13-30-22(26-18)27-20-17-10-6-5-7-15(17)11-12-24-20/h2-13H,1H3,(H,24,26,27)(H,25,28,29). The molecule has 0 saturated heterocycles. The van der Waals surface area contributed by atoms with E-state index in [0.717, 1.165) is 38.0 Å². The molecule has 8 heteroatoms. The van der Waals surface area contributed by atoms with Crippen LogP contribution in [0.3, 0.4) is 0 Å². The highest BCUT2D eigenvalue weighted by Gasteiger charge is 2.16. The molecule has 1 amide bonds. The monoisotopic (exact) mass is 443 g/mol. The number of hydrogen-bond acceptors (Lipinski definition) is 7. The first kappa shape index (κ1) is 19.3. The Bertz CT molecular complexity index is 1370. The fraction of sp³-hybridized carbons (Fsp3) is 0.0435. The van der Waals surface area contributed by atoms with Crippen LogP contribution in [-0.4, -0.2) is 20.9 Å². The lowest BCUT2D eigenvalue weighted by Crippen LogP contribution is -2.11. The minimum atomic E-state index is -0.177. The molecule has 0 saturated carbocycles. The summed E-state index contributed by atoms with van der Waals surface area (Å²) in [6.45, 7) is 1.92. The number of anilines is 3. The Morgan fingerprint density at radius 3 is 2.61 bits per heavy atom. The van der Waals surface area contributed by atoms with E-state index in [9.17, 15) is 4.79 Å². The van der Waals surface area contributed by atoms with Gasteiger partial charge in [0, 0.05) is 22.5 Å². The van der Waals surface area contributed by atoms with Crippen molar-refractivity contribution in [2.45, 2.75) is 6.92 Å². The molecule has 0 unspecified atom stereocenters. The third-order valence-corrected chi connectivity index (χ3v) is 6.54. The van der Waals surface area contributed by atoms with Crippen LogP contribution in [0.1, 0.15) is 16.1 Å². The molecule has 0 bridgehead atoms. The number of nitrogens with one attached hydrogen (secondary N) is 2. The van der Waals surface area contributed by atoms with Gasteiger partial charge in [-0.15, -0.1) is 11.3 Å². The van der Waals surface area contributed by atoms with Crippen molar-refractivity contribution in [3.63, 3.8) is 0 Å². The van der Waals surface area contributed by atoms with Crippen molar-refractivity contribution < 1.29 is 4.79 Å². The number of pyridine rings is 1. The average molecular weight is 444 g/mol. The van der Waals surface area contributed by atoms with Gasteiger partial charge in [0.2, 0.25) is 0 Å². The summed E-state index contributed by atoms with van der Waals surface area (Å²) in [6, 6.07) is 19.2. The highest BCUT2D eigenvalue weighted by Crippen LogP contribution is 2.35. The van der Waals surface area contributed by atoms with Crippen molar-refractivity contribution in [1.29, 1.82) is 0 Å². The van der Waals surface area contributed by atoms with Gasteiger partial charge in [-0.05, 0) is 30.5 Å². The van der Waals surface area contributed by atoms with Gasteiger partial charge >= 0.3 is 0 Å². The van der Waals surface area contributed by atoms with Crippen LogP contribution < -0.4 is 10.6 Å². The maximum Gasteiger partial charge on any atom is 0.257 e. The second-order valence-corrected chi connectivity index (χ2v) is 8.65. The van der Waals surface area contributed by atoms with Crippen molar-refractivity contribution in [3.8, 4) is 10.6 Å². The van der Waals surface area contributed by atoms with Gasteiger partial charge < -0.3 is 5.32 Å². The van der Waals surface area contributed by atoms with E-state index in [1.54, 1.807) is 18.3 Å². The Balaban J connectivity index is 1.37. The molecular weight excluding hydrogens is 426 g/mol. The number of carbonyl (C=O) groups is 1. The summed E-state index contributed by atoms with van der Waals surface area (Å²) in [5.41, 5.74) is 2.25. The molecule has 2 aromatic carbocycles. The van der Waals surface area contributed by atoms with Crippen molar-refractivity contribution in [3.05, 3.63) is 83.5 Å². The molecule has 31 heavy (non-hydrogen) atoms. The average Bonchev–Trinajstić information content (AvgIpc) is 3.40. The van der Waals surface area contributed by atoms with Crippen LogP contribution in [0.15, 0.2) is 72.2 Å². The molecule has 2 N–H and O–H groups in total. The Labute approximate surface area is 186 Å². The number of aromatic nitrogens is 3. The Hall–Kier alpha value is -3.62. The predicted molar refractivity (Wildman–Crippen MR) is 127 cm³/mol. The smallest absolute Gasteiger partial charge is 0.257 e. The molecule has 0 aliphatic carbocycles. The zero-order valence-corrected chi connectivity index (χ0v) is 18.1. The van der Waals surface area contributed by atoms with E-state index in [1.807, 2.05) is 54.8 Å². The second-order valence-electron chi connectivity index (χ2n) is 6.80. The first-order valence-electron chi connectivity index (χ1n) is 9.58. The van der Waals surface area contributed by atoms with E-state index in [-0.39, 0.29) is 5.91 Å². The number of nitrogens with zero attached hydrogens (tertiary/aromatic N) is 3. The lowest BCUT2D eigenvalue weighted by molar-refractivity contribution is 0.102. The molecule has 0 radical (unpaired) electrons. The summed E-state index contributed by atoms with van der Waals surface area (Å²) in [7, 11) is 0. The van der Waals surface area contributed by atoms with E-state index in [2.05, 4.69) is 26.7 Å². The van der Waals surface area contributed by atoms with Gasteiger partial charge in [-0.1, -0.05) is 53.8 Å². The number of fused-ring (bicyclic) bond motifs is 1. The van der Waals surface area contributed by atoms with E-state index < -0.39 is 0 Å². The zero-order valence-electron chi connectivity index (χ0n) is 16.5. The second kappa shape index (κ2) is 8.25. The van der Waals surface area contributed by atoms with Crippen LogP contribution in [0, 0.1) is 6.92 Å². The highest BCUT2D eigenvalue weighted by atomic mass is 32.1. The summed E-state index contributed by atoms with van der Waals surface area (Å²) in [4.78, 5) is 27.0. The summed E-state index contributed by atoms with van der Waals surface area (Å²) < 4.78 is 0. The molecule has 0 atom stereocenters. The normalized spacial score (nSPS) is 10.9.